The van der Waals surface area contributed by atoms with Crippen LogP contribution in [0.15, 0.2) is 29.2 Å². The fraction of sp³-hybridized carbons (Fsp3) is 0.400. The Morgan fingerprint density at radius 1 is 1.31 bits per heavy atom. The van der Waals surface area contributed by atoms with Crippen LogP contribution in [0.25, 0.3) is 0 Å². The van der Waals surface area contributed by atoms with Crippen molar-refractivity contribution in [2.75, 3.05) is 5.75 Å². The van der Waals surface area contributed by atoms with Gasteiger partial charge in [-0.2, -0.15) is 0 Å². The summed E-state index contributed by atoms with van der Waals surface area (Å²) >= 11 is 0. The van der Waals surface area contributed by atoms with Crippen molar-refractivity contribution in [2.24, 2.45) is 0 Å². The average molecular weight is 200 g/mol. The van der Waals surface area contributed by atoms with Crippen molar-refractivity contribution in [3.8, 4) is 0 Å². The van der Waals surface area contributed by atoms with E-state index >= 15 is 0 Å². The molecule has 3 heteroatoms. The number of benzene rings is 1. The van der Waals surface area contributed by atoms with Gasteiger partial charge in [-0.3, -0.25) is 4.21 Å². The van der Waals surface area contributed by atoms with E-state index in [4.69, 9.17) is 0 Å². The second-order valence-corrected chi connectivity index (χ2v) is 4.43. The Labute approximate surface area is 80.4 Å². The lowest BCUT2D eigenvalue weighted by atomic mass is 10.3. The molecule has 0 saturated heterocycles. The maximum atomic E-state index is 12.5. The van der Waals surface area contributed by atoms with E-state index in [0.29, 0.717) is 5.75 Å². The third-order valence-corrected chi connectivity index (χ3v) is 3.22. The summed E-state index contributed by atoms with van der Waals surface area (Å²) in [5, 5.41) is 0. The van der Waals surface area contributed by atoms with Gasteiger partial charge in [0.15, 0.2) is 0 Å². The highest BCUT2D eigenvalue weighted by atomic mass is 32.2. The summed E-state index contributed by atoms with van der Waals surface area (Å²) in [6, 6.07) is 5.86. The minimum Gasteiger partial charge on any atom is -0.254 e. The van der Waals surface area contributed by atoms with Gasteiger partial charge in [0, 0.05) is 10.6 Å². The lowest BCUT2D eigenvalue weighted by molar-refractivity contribution is 0.626. The summed E-state index contributed by atoms with van der Waals surface area (Å²) in [4.78, 5) is 0.717. The van der Waals surface area contributed by atoms with E-state index in [0.717, 1.165) is 17.7 Å². The van der Waals surface area contributed by atoms with E-state index in [1.165, 1.54) is 12.1 Å². The molecule has 0 radical (unpaired) electrons. The van der Waals surface area contributed by atoms with Crippen molar-refractivity contribution in [1.29, 1.82) is 0 Å². The fourth-order valence-electron chi connectivity index (χ4n) is 0.980. The molecular weight excluding hydrogens is 187 g/mol. The van der Waals surface area contributed by atoms with Gasteiger partial charge < -0.3 is 0 Å². The van der Waals surface area contributed by atoms with Gasteiger partial charge in [-0.15, -0.1) is 0 Å². The number of rotatable bonds is 4. The zero-order valence-electron chi connectivity index (χ0n) is 7.63. The number of hydrogen-bond donors (Lipinski definition) is 0. The van der Waals surface area contributed by atoms with Gasteiger partial charge in [0.05, 0.1) is 10.8 Å². The lowest BCUT2D eigenvalue weighted by Crippen LogP contribution is -1.97. The van der Waals surface area contributed by atoms with Crippen LogP contribution < -0.4 is 0 Å². The maximum Gasteiger partial charge on any atom is 0.123 e. The van der Waals surface area contributed by atoms with Crippen LogP contribution in [0.4, 0.5) is 4.39 Å². The Kier molecular flexibility index (Phi) is 4.09. The van der Waals surface area contributed by atoms with Crippen LogP contribution in [-0.4, -0.2) is 9.96 Å². The number of unbranched alkanes of at least 4 members (excludes halogenated alkanes) is 1. The topological polar surface area (TPSA) is 17.1 Å². The Bertz CT molecular complexity index is 281. The van der Waals surface area contributed by atoms with Gasteiger partial charge in [-0.25, -0.2) is 4.39 Å². The molecular formula is C10H13FOS. The van der Waals surface area contributed by atoms with Crippen LogP contribution in [0.3, 0.4) is 0 Å². The van der Waals surface area contributed by atoms with E-state index in [2.05, 4.69) is 6.92 Å². The molecule has 0 aliphatic heterocycles. The minimum atomic E-state index is -0.958. The standard InChI is InChI=1S/C10H13FOS/c1-2-3-8-13(12)10-6-4-9(11)5-7-10/h4-7H,2-3,8H2,1H3. The second-order valence-electron chi connectivity index (χ2n) is 2.86. The van der Waals surface area contributed by atoms with Crippen LogP contribution >= 0.6 is 0 Å². The molecule has 0 heterocycles. The van der Waals surface area contributed by atoms with Crippen molar-refractivity contribution in [2.45, 2.75) is 24.7 Å². The van der Waals surface area contributed by atoms with Crippen LogP contribution in [0.2, 0.25) is 0 Å². The quantitative estimate of drug-likeness (QED) is 0.730. The molecule has 1 atom stereocenters. The summed E-state index contributed by atoms with van der Waals surface area (Å²) < 4.78 is 24.0. The largest absolute Gasteiger partial charge is 0.254 e. The summed E-state index contributed by atoms with van der Waals surface area (Å²) in [6.07, 6.45) is 1.98. The molecule has 0 amide bonds. The van der Waals surface area contributed by atoms with Crippen LogP contribution in [0, 0.1) is 5.82 Å². The van der Waals surface area contributed by atoms with E-state index in [9.17, 15) is 8.60 Å². The van der Waals surface area contributed by atoms with Gasteiger partial charge >= 0.3 is 0 Å². The highest BCUT2D eigenvalue weighted by Crippen LogP contribution is 2.09. The molecule has 0 N–H and O–H groups in total. The fourth-order valence-corrected chi connectivity index (χ4v) is 2.21. The molecule has 0 aromatic heterocycles. The van der Waals surface area contributed by atoms with E-state index < -0.39 is 10.8 Å². The molecule has 0 saturated carbocycles. The zero-order chi connectivity index (χ0) is 9.68. The number of halogens is 1. The van der Waals surface area contributed by atoms with Gasteiger partial charge in [0.1, 0.15) is 5.82 Å². The highest BCUT2D eigenvalue weighted by molar-refractivity contribution is 7.85. The van der Waals surface area contributed by atoms with Crippen molar-refractivity contribution in [3.05, 3.63) is 30.1 Å². The Morgan fingerprint density at radius 2 is 1.92 bits per heavy atom. The summed E-state index contributed by atoms with van der Waals surface area (Å²) in [5.74, 6) is 0.388. The summed E-state index contributed by atoms with van der Waals surface area (Å²) in [5.41, 5.74) is 0. The molecule has 1 unspecified atom stereocenters. The van der Waals surface area contributed by atoms with Gasteiger partial charge in [-0.1, -0.05) is 13.3 Å². The Hall–Kier alpha value is -0.700. The molecule has 13 heavy (non-hydrogen) atoms. The predicted octanol–water partition coefficient (Wildman–Crippen LogP) is 2.73. The van der Waals surface area contributed by atoms with Crippen molar-refractivity contribution < 1.29 is 8.60 Å². The first kappa shape index (κ1) is 10.4. The van der Waals surface area contributed by atoms with E-state index in [1.54, 1.807) is 12.1 Å². The SMILES string of the molecule is CCCCS(=O)c1ccc(F)cc1. The minimum absolute atomic E-state index is 0.281. The Balaban J connectivity index is 2.61. The smallest absolute Gasteiger partial charge is 0.123 e. The third kappa shape index (κ3) is 3.27. The van der Waals surface area contributed by atoms with Crippen molar-refractivity contribution in [3.63, 3.8) is 0 Å². The van der Waals surface area contributed by atoms with Gasteiger partial charge in [-0.05, 0) is 30.7 Å². The van der Waals surface area contributed by atoms with Crippen molar-refractivity contribution in [1.82, 2.24) is 0 Å². The van der Waals surface area contributed by atoms with E-state index in [-0.39, 0.29) is 5.82 Å². The molecule has 72 valence electrons. The van der Waals surface area contributed by atoms with Crippen LogP contribution in [0.1, 0.15) is 19.8 Å². The maximum absolute atomic E-state index is 12.5. The molecule has 0 aliphatic rings. The molecule has 1 nitrogen and oxygen atoms in total. The van der Waals surface area contributed by atoms with Crippen molar-refractivity contribution >= 4 is 10.8 Å². The molecule has 1 rings (SSSR count). The van der Waals surface area contributed by atoms with Gasteiger partial charge in [0.25, 0.3) is 0 Å². The number of hydrogen-bond acceptors (Lipinski definition) is 1. The summed E-state index contributed by atoms with van der Waals surface area (Å²) in [7, 11) is -0.958. The molecule has 0 fully saturated rings. The predicted molar refractivity (Wildman–Crippen MR) is 52.6 cm³/mol. The Morgan fingerprint density at radius 3 is 2.46 bits per heavy atom. The van der Waals surface area contributed by atoms with E-state index in [1.807, 2.05) is 0 Å². The first-order valence-electron chi connectivity index (χ1n) is 4.38. The monoisotopic (exact) mass is 200 g/mol. The molecule has 0 aliphatic carbocycles. The average Bonchev–Trinajstić information content (AvgIpc) is 2.15. The second kappa shape index (κ2) is 5.12. The molecule has 0 bridgehead atoms. The zero-order valence-corrected chi connectivity index (χ0v) is 8.44. The molecule has 1 aromatic carbocycles. The highest BCUT2D eigenvalue weighted by Gasteiger charge is 2.02. The lowest BCUT2D eigenvalue weighted by Gasteiger charge is -2.00. The summed E-state index contributed by atoms with van der Waals surface area (Å²) in [6.45, 7) is 2.06. The third-order valence-electron chi connectivity index (χ3n) is 1.76. The van der Waals surface area contributed by atoms with Crippen LogP contribution in [-0.2, 0) is 10.8 Å². The van der Waals surface area contributed by atoms with Gasteiger partial charge in [0.2, 0.25) is 0 Å². The normalized spacial score (nSPS) is 12.8. The molecule has 0 spiro atoms. The first-order chi connectivity index (χ1) is 6.24. The van der Waals surface area contributed by atoms with Crippen LogP contribution in [0.5, 0.6) is 0 Å². The first-order valence-corrected chi connectivity index (χ1v) is 5.70. The molecule has 1 aromatic rings.